The molecule has 0 saturated carbocycles. The summed E-state index contributed by atoms with van der Waals surface area (Å²) in [7, 11) is 0. The van der Waals surface area contributed by atoms with E-state index in [1.165, 1.54) is 24.3 Å². The second-order valence-electron chi connectivity index (χ2n) is 2.53. The average molecular weight is 198 g/mol. The molecule has 0 saturated heterocycles. The van der Waals surface area contributed by atoms with Crippen molar-refractivity contribution in [2.24, 2.45) is 0 Å². The molecule has 0 radical (unpaired) electrons. The third-order valence-electron chi connectivity index (χ3n) is 1.52. The van der Waals surface area contributed by atoms with Gasteiger partial charge in [-0.3, -0.25) is 0 Å². The highest BCUT2D eigenvalue weighted by Gasteiger charge is 2.06. The van der Waals surface area contributed by atoms with Crippen LogP contribution >= 0.6 is 12.2 Å². The zero-order valence-corrected chi connectivity index (χ0v) is 7.47. The van der Waals surface area contributed by atoms with Crippen molar-refractivity contribution in [1.29, 1.82) is 0 Å². The summed E-state index contributed by atoms with van der Waals surface area (Å²) in [5.41, 5.74) is 0.703. The number of aliphatic carboxylic acids is 1. The molecule has 0 aliphatic carbocycles. The molecule has 13 heavy (non-hydrogen) atoms. The molecule has 4 heteroatoms. The van der Waals surface area contributed by atoms with Crippen molar-refractivity contribution in [2.75, 3.05) is 0 Å². The van der Waals surface area contributed by atoms with E-state index in [-0.39, 0.29) is 17.1 Å². The van der Waals surface area contributed by atoms with E-state index in [1.807, 2.05) is 0 Å². The van der Waals surface area contributed by atoms with Gasteiger partial charge in [-0.25, -0.2) is 9.18 Å². The Kier molecular flexibility index (Phi) is 3.08. The highest BCUT2D eigenvalue weighted by Crippen LogP contribution is 2.04. The third kappa shape index (κ3) is 2.91. The lowest BCUT2D eigenvalue weighted by molar-refractivity contribution is -0.129. The molecular weight excluding hydrogens is 191 g/mol. The fraction of sp³-hybridized carbons (Fsp3) is 0.111. The summed E-state index contributed by atoms with van der Waals surface area (Å²) in [6.07, 6.45) is 0.172. The van der Waals surface area contributed by atoms with Crippen LogP contribution in [-0.2, 0) is 11.2 Å². The second kappa shape index (κ2) is 4.09. The molecule has 0 aliphatic heterocycles. The lowest BCUT2D eigenvalue weighted by Gasteiger charge is -1.98. The van der Waals surface area contributed by atoms with E-state index < -0.39 is 5.97 Å². The van der Waals surface area contributed by atoms with Gasteiger partial charge >= 0.3 is 5.97 Å². The fourth-order valence-corrected chi connectivity index (χ4v) is 1.03. The molecule has 0 bridgehead atoms. The van der Waals surface area contributed by atoms with Crippen molar-refractivity contribution in [3.05, 3.63) is 35.6 Å². The van der Waals surface area contributed by atoms with Crippen LogP contribution in [0, 0.1) is 5.82 Å². The Labute approximate surface area is 80.0 Å². The Morgan fingerprint density at radius 3 is 2.38 bits per heavy atom. The topological polar surface area (TPSA) is 37.3 Å². The van der Waals surface area contributed by atoms with Crippen LogP contribution in [0.15, 0.2) is 24.3 Å². The molecule has 0 aromatic heterocycles. The highest BCUT2D eigenvalue weighted by atomic mass is 32.1. The monoisotopic (exact) mass is 198 g/mol. The van der Waals surface area contributed by atoms with Crippen molar-refractivity contribution < 1.29 is 14.3 Å². The Hall–Kier alpha value is -1.29. The van der Waals surface area contributed by atoms with E-state index >= 15 is 0 Å². The Morgan fingerprint density at radius 2 is 1.92 bits per heavy atom. The van der Waals surface area contributed by atoms with Gasteiger partial charge in [-0.05, 0) is 17.7 Å². The number of hydrogen-bond acceptors (Lipinski definition) is 2. The number of carboxylic acid groups (broad SMARTS) is 1. The average Bonchev–Trinajstić information content (AvgIpc) is 2.08. The van der Waals surface area contributed by atoms with Crippen LogP contribution in [0.25, 0.3) is 0 Å². The second-order valence-corrected chi connectivity index (χ2v) is 3.02. The maximum absolute atomic E-state index is 12.4. The van der Waals surface area contributed by atoms with E-state index in [1.54, 1.807) is 0 Å². The number of benzene rings is 1. The number of rotatable bonds is 3. The SMILES string of the molecule is O=C(O)C(=S)Cc1ccc(F)cc1. The van der Waals surface area contributed by atoms with Gasteiger partial charge in [0.1, 0.15) is 10.7 Å². The van der Waals surface area contributed by atoms with E-state index in [9.17, 15) is 9.18 Å². The molecule has 68 valence electrons. The van der Waals surface area contributed by atoms with Gasteiger partial charge in [0, 0.05) is 6.42 Å². The van der Waals surface area contributed by atoms with Gasteiger partial charge in [-0.15, -0.1) is 0 Å². The zero-order chi connectivity index (χ0) is 9.84. The van der Waals surface area contributed by atoms with Gasteiger partial charge in [-0.1, -0.05) is 24.4 Å². The van der Waals surface area contributed by atoms with Gasteiger partial charge in [0.15, 0.2) is 0 Å². The van der Waals surface area contributed by atoms with Gasteiger partial charge in [0.05, 0.1) is 0 Å². The molecule has 1 N–H and O–H groups in total. The van der Waals surface area contributed by atoms with Crippen LogP contribution in [0.3, 0.4) is 0 Å². The number of hydrogen-bond donors (Lipinski definition) is 1. The number of thiocarbonyl (C=S) groups is 1. The highest BCUT2D eigenvalue weighted by molar-refractivity contribution is 7.82. The first-order valence-corrected chi connectivity index (χ1v) is 4.01. The van der Waals surface area contributed by atoms with Gasteiger partial charge in [0.25, 0.3) is 0 Å². The number of carboxylic acids is 1. The Bertz CT molecular complexity index is 332. The smallest absolute Gasteiger partial charge is 0.342 e. The molecule has 1 aromatic rings. The molecule has 0 atom stereocenters. The first-order chi connectivity index (χ1) is 6.09. The van der Waals surface area contributed by atoms with Crippen molar-refractivity contribution in [3.63, 3.8) is 0 Å². The maximum Gasteiger partial charge on any atom is 0.342 e. The minimum absolute atomic E-state index is 0.0633. The molecule has 0 spiro atoms. The lowest BCUT2D eigenvalue weighted by atomic mass is 10.1. The van der Waals surface area contributed by atoms with Crippen LogP contribution in [-0.4, -0.2) is 15.9 Å². The van der Waals surface area contributed by atoms with Crippen molar-refractivity contribution in [2.45, 2.75) is 6.42 Å². The molecule has 0 amide bonds. The van der Waals surface area contributed by atoms with E-state index in [0.717, 1.165) is 0 Å². The summed E-state index contributed by atoms with van der Waals surface area (Å²) in [5.74, 6) is -1.44. The first kappa shape index (κ1) is 9.80. The normalized spacial score (nSPS) is 9.62. The lowest BCUT2D eigenvalue weighted by Crippen LogP contribution is -2.12. The number of halogens is 1. The molecule has 2 nitrogen and oxygen atoms in total. The van der Waals surface area contributed by atoms with Crippen molar-refractivity contribution >= 4 is 23.1 Å². The van der Waals surface area contributed by atoms with E-state index in [4.69, 9.17) is 5.11 Å². The van der Waals surface area contributed by atoms with Crippen LogP contribution in [0.5, 0.6) is 0 Å². The van der Waals surface area contributed by atoms with E-state index in [0.29, 0.717) is 5.56 Å². The molecule has 0 fully saturated rings. The minimum Gasteiger partial charge on any atom is -0.477 e. The largest absolute Gasteiger partial charge is 0.477 e. The van der Waals surface area contributed by atoms with Crippen LogP contribution in [0.1, 0.15) is 5.56 Å². The van der Waals surface area contributed by atoms with Gasteiger partial charge in [0.2, 0.25) is 0 Å². The minimum atomic E-state index is -1.10. The predicted octanol–water partition coefficient (Wildman–Crippen LogP) is 1.82. The molecule has 0 heterocycles. The van der Waals surface area contributed by atoms with Gasteiger partial charge in [-0.2, -0.15) is 0 Å². The molecular formula is C9H7FO2S. The first-order valence-electron chi connectivity index (χ1n) is 3.60. The summed E-state index contributed by atoms with van der Waals surface area (Å²) < 4.78 is 12.4. The maximum atomic E-state index is 12.4. The summed E-state index contributed by atoms with van der Waals surface area (Å²) in [6.45, 7) is 0. The van der Waals surface area contributed by atoms with E-state index in [2.05, 4.69) is 12.2 Å². The fourth-order valence-electron chi connectivity index (χ4n) is 0.863. The molecule has 0 unspecified atom stereocenters. The Balaban J connectivity index is 2.70. The van der Waals surface area contributed by atoms with Crippen LogP contribution in [0.2, 0.25) is 0 Å². The van der Waals surface area contributed by atoms with Gasteiger partial charge < -0.3 is 5.11 Å². The molecule has 1 rings (SSSR count). The molecule has 1 aromatic carbocycles. The van der Waals surface area contributed by atoms with Crippen molar-refractivity contribution in [1.82, 2.24) is 0 Å². The van der Waals surface area contributed by atoms with Crippen molar-refractivity contribution in [3.8, 4) is 0 Å². The standard InChI is InChI=1S/C9H7FO2S/c10-7-3-1-6(2-4-7)5-8(13)9(11)12/h1-4H,5H2,(H,11,12). The third-order valence-corrected chi connectivity index (χ3v) is 1.84. The quantitative estimate of drug-likeness (QED) is 0.753. The summed E-state index contributed by atoms with van der Waals surface area (Å²) in [6, 6.07) is 5.59. The number of carbonyl (C=O) groups is 1. The van der Waals surface area contributed by atoms with Crippen LogP contribution in [0.4, 0.5) is 4.39 Å². The summed E-state index contributed by atoms with van der Waals surface area (Å²) in [5, 5.41) is 8.48. The zero-order valence-electron chi connectivity index (χ0n) is 6.66. The summed E-state index contributed by atoms with van der Waals surface area (Å²) in [4.78, 5) is 10.3. The predicted molar refractivity (Wildman–Crippen MR) is 50.3 cm³/mol. The Morgan fingerprint density at radius 1 is 1.38 bits per heavy atom. The van der Waals surface area contributed by atoms with Crippen LogP contribution < -0.4 is 0 Å². The molecule has 0 aliphatic rings. The summed E-state index contributed by atoms with van der Waals surface area (Å²) >= 11 is 4.60.